The summed E-state index contributed by atoms with van der Waals surface area (Å²) in [6.45, 7) is 0.656. The smallest absolute Gasteiger partial charge is 0.323 e. The molecule has 1 saturated heterocycles. The lowest BCUT2D eigenvalue weighted by Gasteiger charge is -2.31. The fourth-order valence-corrected chi connectivity index (χ4v) is 3.92. The van der Waals surface area contributed by atoms with Crippen LogP contribution in [-0.2, 0) is 10.0 Å². The van der Waals surface area contributed by atoms with E-state index in [-0.39, 0.29) is 12.6 Å². The van der Waals surface area contributed by atoms with Gasteiger partial charge in [0.1, 0.15) is 5.82 Å². The maximum Gasteiger partial charge on any atom is 0.323 e. The number of carbonyl (C=O) groups excluding carboxylic acids is 1. The van der Waals surface area contributed by atoms with Crippen molar-refractivity contribution in [2.24, 2.45) is 5.14 Å². The molecule has 1 aromatic rings. The number of primary sulfonamides is 1. The zero-order chi connectivity index (χ0) is 16.4. The number of piperidine rings is 1. The third-order valence-electron chi connectivity index (χ3n) is 4.73. The van der Waals surface area contributed by atoms with Gasteiger partial charge in [-0.1, -0.05) is 12.5 Å². The molecule has 3 N–H and O–H groups in total. The largest absolute Gasteiger partial charge is 0.323 e. The van der Waals surface area contributed by atoms with Crippen LogP contribution >= 0.6 is 0 Å². The second-order valence-electron chi connectivity index (χ2n) is 6.33. The van der Waals surface area contributed by atoms with Gasteiger partial charge in [-0.15, -0.1) is 0 Å². The average molecular weight is 338 g/mol. The number of likely N-dealkylation sites (tertiary alicyclic amines) is 1. The highest BCUT2D eigenvalue weighted by molar-refractivity contribution is 7.89. The predicted octanol–water partition coefficient (Wildman–Crippen LogP) is 1.63. The first-order valence-electron chi connectivity index (χ1n) is 7.97. The van der Waals surface area contributed by atoms with E-state index in [9.17, 15) is 13.2 Å². The lowest BCUT2D eigenvalue weighted by Crippen LogP contribution is -2.48. The van der Waals surface area contributed by atoms with E-state index in [1.165, 1.54) is 29.7 Å². The first-order valence-corrected chi connectivity index (χ1v) is 9.58. The van der Waals surface area contributed by atoms with Crippen molar-refractivity contribution < 1.29 is 13.2 Å². The Labute approximate surface area is 136 Å². The molecule has 1 atom stereocenters. The minimum Gasteiger partial charge on any atom is -0.323 e. The summed E-state index contributed by atoms with van der Waals surface area (Å²) in [7, 11) is -3.61. The van der Waals surface area contributed by atoms with Gasteiger partial charge in [-0.25, -0.2) is 23.3 Å². The van der Waals surface area contributed by atoms with Crippen LogP contribution in [0.1, 0.15) is 43.6 Å². The quantitative estimate of drug-likeness (QED) is 0.873. The van der Waals surface area contributed by atoms with Gasteiger partial charge in [-0.3, -0.25) is 5.32 Å². The van der Waals surface area contributed by atoms with Gasteiger partial charge in [-0.05, 0) is 43.2 Å². The SMILES string of the molecule is NS(=O)(=O)C1CCCN(C(=O)Nc2ccc(C3CCC3)cn2)C1. The van der Waals surface area contributed by atoms with Gasteiger partial charge in [-0.2, -0.15) is 0 Å². The molecule has 2 aliphatic rings. The summed E-state index contributed by atoms with van der Waals surface area (Å²) in [5.74, 6) is 1.08. The average Bonchev–Trinajstić information content (AvgIpc) is 2.47. The Kier molecular flexibility index (Phi) is 4.54. The third-order valence-corrected chi connectivity index (χ3v) is 6.04. The number of anilines is 1. The lowest BCUT2D eigenvalue weighted by molar-refractivity contribution is 0.200. The van der Waals surface area contributed by atoms with Crippen molar-refractivity contribution in [3.8, 4) is 0 Å². The Balaban J connectivity index is 1.59. The number of nitrogens with one attached hydrogen (secondary N) is 1. The predicted molar refractivity (Wildman–Crippen MR) is 87.5 cm³/mol. The molecule has 1 aliphatic heterocycles. The number of aromatic nitrogens is 1. The number of pyridine rings is 1. The first kappa shape index (κ1) is 16.2. The van der Waals surface area contributed by atoms with Crippen molar-refractivity contribution in [2.75, 3.05) is 18.4 Å². The van der Waals surface area contributed by atoms with Crippen LogP contribution in [0.15, 0.2) is 18.3 Å². The monoisotopic (exact) mass is 338 g/mol. The van der Waals surface area contributed by atoms with Gasteiger partial charge >= 0.3 is 6.03 Å². The Hall–Kier alpha value is -1.67. The summed E-state index contributed by atoms with van der Waals surface area (Å²) in [4.78, 5) is 18.0. The molecule has 2 heterocycles. The molecule has 1 saturated carbocycles. The molecule has 0 radical (unpaired) electrons. The van der Waals surface area contributed by atoms with Gasteiger partial charge in [0.25, 0.3) is 0 Å². The fourth-order valence-electron chi connectivity index (χ4n) is 3.04. The Morgan fingerprint density at radius 3 is 2.61 bits per heavy atom. The van der Waals surface area contributed by atoms with Gasteiger partial charge in [0.2, 0.25) is 10.0 Å². The molecule has 7 nitrogen and oxygen atoms in total. The Bertz CT molecular complexity index is 670. The zero-order valence-corrected chi connectivity index (χ0v) is 13.8. The van der Waals surface area contributed by atoms with Crippen LogP contribution in [0.2, 0.25) is 0 Å². The van der Waals surface area contributed by atoms with Crippen molar-refractivity contribution in [2.45, 2.75) is 43.3 Å². The van der Waals surface area contributed by atoms with E-state index >= 15 is 0 Å². The molecule has 2 fully saturated rings. The Morgan fingerprint density at radius 2 is 2.04 bits per heavy atom. The standard InChI is InChI=1S/C15H22N4O3S/c16-23(21,22)13-5-2-8-19(10-13)15(20)18-14-7-6-12(9-17-14)11-3-1-4-11/h6-7,9,11,13H,1-5,8,10H2,(H2,16,21,22)(H,17,18,20). The molecule has 1 aromatic heterocycles. The highest BCUT2D eigenvalue weighted by atomic mass is 32.2. The molecule has 23 heavy (non-hydrogen) atoms. The van der Waals surface area contributed by atoms with E-state index in [0.717, 1.165) is 0 Å². The molecule has 0 bridgehead atoms. The number of hydrogen-bond donors (Lipinski definition) is 2. The number of urea groups is 1. The van der Waals surface area contributed by atoms with E-state index in [4.69, 9.17) is 5.14 Å². The van der Waals surface area contributed by atoms with Crippen molar-refractivity contribution in [1.82, 2.24) is 9.88 Å². The minimum absolute atomic E-state index is 0.130. The molecule has 8 heteroatoms. The molecule has 2 amide bonds. The van der Waals surface area contributed by atoms with Crippen molar-refractivity contribution in [3.63, 3.8) is 0 Å². The number of carbonyl (C=O) groups is 1. The van der Waals surface area contributed by atoms with Crippen LogP contribution in [0, 0.1) is 0 Å². The molecular weight excluding hydrogens is 316 g/mol. The topological polar surface area (TPSA) is 105 Å². The molecule has 1 aliphatic carbocycles. The molecule has 3 rings (SSSR count). The second-order valence-corrected chi connectivity index (χ2v) is 8.18. The van der Waals surface area contributed by atoms with Crippen molar-refractivity contribution >= 4 is 21.9 Å². The van der Waals surface area contributed by atoms with Crippen LogP contribution in [0.5, 0.6) is 0 Å². The van der Waals surface area contributed by atoms with E-state index in [1.807, 2.05) is 12.3 Å². The highest BCUT2D eigenvalue weighted by Gasteiger charge is 2.30. The number of sulfonamides is 1. The number of hydrogen-bond acceptors (Lipinski definition) is 4. The van der Waals surface area contributed by atoms with Crippen LogP contribution in [0.3, 0.4) is 0 Å². The summed E-state index contributed by atoms with van der Waals surface area (Å²) < 4.78 is 22.9. The molecule has 0 aromatic carbocycles. The van der Waals surface area contributed by atoms with Crippen LogP contribution in [0.4, 0.5) is 10.6 Å². The van der Waals surface area contributed by atoms with Gasteiger partial charge < -0.3 is 4.90 Å². The maximum absolute atomic E-state index is 12.3. The van der Waals surface area contributed by atoms with Crippen LogP contribution < -0.4 is 10.5 Å². The van der Waals surface area contributed by atoms with Gasteiger partial charge in [0.05, 0.1) is 5.25 Å². The van der Waals surface area contributed by atoms with Crippen molar-refractivity contribution in [3.05, 3.63) is 23.9 Å². The van der Waals surface area contributed by atoms with Gasteiger partial charge in [0, 0.05) is 19.3 Å². The van der Waals surface area contributed by atoms with Gasteiger partial charge in [0.15, 0.2) is 0 Å². The normalized spacial score (nSPS) is 22.5. The number of rotatable bonds is 3. The van der Waals surface area contributed by atoms with E-state index in [0.29, 0.717) is 31.1 Å². The van der Waals surface area contributed by atoms with Crippen LogP contribution in [0.25, 0.3) is 0 Å². The summed E-state index contributed by atoms with van der Waals surface area (Å²) in [5.41, 5.74) is 1.21. The first-order chi connectivity index (χ1) is 10.9. The van der Waals surface area contributed by atoms with Crippen molar-refractivity contribution in [1.29, 1.82) is 0 Å². The fraction of sp³-hybridized carbons (Fsp3) is 0.600. The lowest BCUT2D eigenvalue weighted by atomic mass is 9.81. The zero-order valence-electron chi connectivity index (χ0n) is 12.9. The summed E-state index contributed by atoms with van der Waals surface area (Å²) in [6, 6.07) is 3.46. The maximum atomic E-state index is 12.3. The molecular formula is C15H22N4O3S. The number of nitrogens with zero attached hydrogens (tertiary/aromatic N) is 2. The summed E-state index contributed by atoms with van der Waals surface area (Å²) in [5, 5.41) is 7.23. The minimum atomic E-state index is -3.61. The van der Waals surface area contributed by atoms with E-state index < -0.39 is 15.3 Å². The summed E-state index contributed by atoms with van der Waals surface area (Å²) in [6.07, 6.45) is 6.61. The second kappa shape index (κ2) is 6.45. The van der Waals surface area contributed by atoms with Crippen LogP contribution in [-0.4, -0.2) is 42.7 Å². The number of amides is 2. The number of nitrogens with two attached hydrogens (primary N) is 1. The molecule has 0 spiro atoms. The van der Waals surface area contributed by atoms with E-state index in [2.05, 4.69) is 10.3 Å². The summed E-state index contributed by atoms with van der Waals surface area (Å²) >= 11 is 0. The highest BCUT2D eigenvalue weighted by Crippen LogP contribution is 2.36. The Morgan fingerprint density at radius 1 is 1.26 bits per heavy atom. The van der Waals surface area contributed by atoms with E-state index in [1.54, 1.807) is 6.07 Å². The third kappa shape index (κ3) is 3.81. The molecule has 126 valence electrons. The molecule has 1 unspecified atom stereocenters.